The van der Waals surface area contributed by atoms with E-state index < -0.39 is 18.0 Å². The third-order valence-corrected chi connectivity index (χ3v) is 9.07. The van der Waals surface area contributed by atoms with E-state index >= 15 is 0 Å². The zero-order valence-corrected chi connectivity index (χ0v) is 20.2. The first-order valence-corrected chi connectivity index (χ1v) is 12.3. The highest BCUT2D eigenvalue weighted by molar-refractivity contribution is 8.03. The number of carboxylic acids is 1. The number of rotatable bonds is 6. The minimum atomic E-state index is -1.36. The van der Waals surface area contributed by atoms with Gasteiger partial charge in [0.2, 0.25) is 11.8 Å². The van der Waals surface area contributed by atoms with Gasteiger partial charge in [-0.15, -0.1) is 11.8 Å². The van der Waals surface area contributed by atoms with Crippen LogP contribution in [0.25, 0.3) is 0 Å². The third-order valence-electron chi connectivity index (χ3n) is 7.55. The van der Waals surface area contributed by atoms with Crippen LogP contribution in [0.4, 0.5) is 0 Å². The fourth-order valence-electron chi connectivity index (χ4n) is 5.62. The van der Waals surface area contributed by atoms with E-state index in [0.717, 1.165) is 24.0 Å². The van der Waals surface area contributed by atoms with Gasteiger partial charge in [0.05, 0.1) is 63.5 Å². The standard InChI is InChI=1S/C22H34N4O5S/c1-11-17-16(12(2)27)21(29)25(17)18(22(30)31)19(11)32-14-8-15(23-9-14)20(28)24-7-6-13(10-24)26(3,4)5/h11-17,23,27H,6-10H2,1-5H3/t11?,12?,13?,14?,15?,16?,17-/m1/s1. The number of carbonyl (C=O) groups is 3. The lowest BCUT2D eigenvalue weighted by Crippen LogP contribution is -2.64. The van der Waals surface area contributed by atoms with Crippen molar-refractivity contribution in [1.82, 2.24) is 15.1 Å². The van der Waals surface area contributed by atoms with Crippen LogP contribution >= 0.6 is 11.8 Å². The van der Waals surface area contributed by atoms with Gasteiger partial charge >= 0.3 is 0 Å². The lowest BCUT2D eigenvalue weighted by Gasteiger charge is -2.47. The molecule has 32 heavy (non-hydrogen) atoms. The number of fused-ring (bicyclic) bond motifs is 1. The molecule has 4 aliphatic rings. The van der Waals surface area contributed by atoms with Crippen molar-refractivity contribution in [1.29, 1.82) is 0 Å². The van der Waals surface area contributed by atoms with Crippen molar-refractivity contribution in [3.8, 4) is 0 Å². The number of quaternary nitrogens is 1. The number of carbonyl (C=O) groups excluding carboxylic acids is 3. The fraction of sp³-hybridized carbons (Fsp3) is 0.773. The number of carboxylic acid groups (broad SMARTS) is 1. The molecule has 6 unspecified atom stereocenters. The quantitative estimate of drug-likeness (QED) is 0.365. The fourth-order valence-corrected chi connectivity index (χ4v) is 7.10. The summed E-state index contributed by atoms with van der Waals surface area (Å²) < 4.78 is 0.836. The van der Waals surface area contributed by atoms with E-state index in [9.17, 15) is 24.6 Å². The van der Waals surface area contributed by atoms with Gasteiger partial charge in [-0.05, 0) is 13.3 Å². The van der Waals surface area contributed by atoms with Gasteiger partial charge in [-0.3, -0.25) is 9.59 Å². The van der Waals surface area contributed by atoms with Gasteiger partial charge in [0.25, 0.3) is 0 Å². The molecule has 0 aromatic carbocycles. The van der Waals surface area contributed by atoms with Crippen LogP contribution in [0.15, 0.2) is 10.6 Å². The number of aliphatic carboxylic acids is 1. The highest BCUT2D eigenvalue weighted by Crippen LogP contribution is 2.51. The van der Waals surface area contributed by atoms with Crippen LogP contribution in [0.2, 0.25) is 0 Å². The molecule has 10 heteroatoms. The van der Waals surface area contributed by atoms with Gasteiger partial charge in [0.15, 0.2) is 0 Å². The van der Waals surface area contributed by atoms with Crippen LogP contribution in [0.1, 0.15) is 26.7 Å². The molecule has 9 nitrogen and oxygen atoms in total. The summed E-state index contributed by atoms with van der Waals surface area (Å²) in [6.07, 6.45) is 0.781. The smallest absolute Gasteiger partial charge is 0.239 e. The number of hydrogen-bond acceptors (Lipinski definition) is 7. The molecule has 0 bridgehead atoms. The molecule has 0 radical (unpaired) electrons. The Bertz CT molecular complexity index is 854. The number of amides is 2. The summed E-state index contributed by atoms with van der Waals surface area (Å²) in [5.41, 5.74) is -0.0606. The van der Waals surface area contributed by atoms with E-state index in [4.69, 9.17) is 0 Å². The Labute approximate surface area is 193 Å². The zero-order chi connectivity index (χ0) is 23.5. The monoisotopic (exact) mass is 466 g/mol. The number of aliphatic hydroxyl groups excluding tert-OH is 1. The van der Waals surface area contributed by atoms with E-state index in [1.165, 1.54) is 16.7 Å². The Morgan fingerprint density at radius 1 is 1.31 bits per heavy atom. The van der Waals surface area contributed by atoms with Crippen molar-refractivity contribution < 1.29 is 29.1 Å². The van der Waals surface area contributed by atoms with E-state index in [-0.39, 0.29) is 40.8 Å². The normalized spacial score (nSPS) is 35.9. The highest BCUT2D eigenvalue weighted by Gasteiger charge is 2.59. The van der Waals surface area contributed by atoms with E-state index in [0.29, 0.717) is 23.9 Å². The third kappa shape index (κ3) is 3.85. The second kappa shape index (κ2) is 8.30. The number of thioether (sulfide) groups is 1. The van der Waals surface area contributed by atoms with Crippen LogP contribution in [-0.2, 0) is 14.4 Å². The molecule has 7 atom stereocenters. The second-order valence-electron chi connectivity index (χ2n) is 10.5. The van der Waals surface area contributed by atoms with E-state index in [1.807, 2.05) is 11.8 Å². The molecule has 2 amide bonds. The minimum absolute atomic E-state index is 0.0337. The van der Waals surface area contributed by atoms with Crippen molar-refractivity contribution in [2.75, 3.05) is 40.8 Å². The lowest BCUT2D eigenvalue weighted by molar-refractivity contribution is -0.893. The summed E-state index contributed by atoms with van der Waals surface area (Å²) >= 11 is 1.44. The Balaban J connectivity index is 1.42. The van der Waals surface area contributed by atoms with Gasteiger partial charge in [-0.2, -0.15) is 0 Å². The number of likely N-dealkylation sites (N-methyl/N-ethyl adjacent to an activating group) is 1. The maximum absolute atomic E-state index is 13.1. The van der Waals surface area contributed by atoms with Gasteiger partial charge in [-0.25, -0.2) is 0 Å². The average molecular weight is 467 g/mol. The molecule has 0 aliphatic carbocycles. The minimum Gasteiger partial charge on any atom is -0.543 e. The molecular weight excluding hydrogens is 432 g/mol. The summed E-state index contributed by atoms with van der Waals surface area (Å²) in [6.45, 7) is 5.59. The first-order chi connectivity index (χ1) is 14.9. The molecule has 4 aliphatic heterocycles. The van der Waals surface area contributed by atoms with Crippen molar-refractivity contribution in [2.45, 2.75) is 56.2 Å². The number of nitrogens with zero attached hydrogens (tertiary/aromatic N) is 3. The highest BCUT2D eigenvalue weighted by atomic mass is 32.2. The number of likely N-dealkylation sites (tertiary alicyclic amines) is 1. The Kier molecular flexibility index (Phi) is 6.11. The number of hydrogen-bond donors (Lipinski definition) is 2. The predicted octanol–water partition coefficient (Wildman–Crippen LogP) is -1.42. The molecule has 0 aromatic heterocycles. The summed E-state index contributed by atoms with van der Waals surface area (Å²) in [5.74, 6) is -2.38. The van der Waals surface area contributed by atoms with E-state index in [2.05, 4.69) is 26.5 Å². The predicted molar refractivity (Wildman–Crippen MR) is 118 cm³/mol. The number of nitrogens with one attached hydrogen (secondary N) is 1. The Morgan fingerprint density at radius 2 is 2.00 bits per heavy atom. The molecular formula is C22H34N4O5S. The van der Waals surface area contributed by atoms with Crippen LogP contribution in [-0.4, -0.2) is 107 Å². The molecule has 0 aromatic rings. The van der Waals surface area contributed by atoms with Crippen molar-refractivity contribution >= 4 is 29.5 Å². The molecule has 4 rings (SSSR count). The largest absolute Gasteiger partial charge is 0.543 e. The molecule has 3 saturated heterocycles. The Hall–Kier alpha value is -1.62. The molecule has 0 spiro atoms. The molecule has 2 N–H and O–H groups in total. The maximum Gasteiger partial charge on any atom is 0.239 e. The number of β-lactam (4-membered cyclic amide) rings is 1. The topological polar surface area (TPSA) is 113 Å². The summed E-state index contributed by atoms with van der Waals surface area (Å²) in [5, 5.41) is 25.2. The van der Waals surface area contributed by atoms with Crippen molar-refractivity contribution in [3.05, 3.63) is 10.6 Å². The first-order valence-electron chi connectivity index (χ1n) is 11.4. The van der Waals surface area contributed by atoms with Gasteiger partial charge in [-0.1, -0.05) is 6.92 Å². The summed E-state index contributed by atoms with van der Waals surface area (Å²) in [6, 6.07) is -0.183. The maximum atomic E-state index is 13.1. The van der Waals surface area contributed by atoms with E-state index in [1.54, 1.807) is 6.92 Å². The summed E-state index contributed by atoms with van der Waals surface area (Å²) in [7, 11) is 6.46. The van der Waals surface area contributed by atoms with Crippen LogP contribution in [0, 0.1) is 11.8 Å². The van der Waals surface area contributed by atoms with Crippen LogP contribution < -0.4 is 10.4 Å². The van der Waals surface area contributed by atoms with Gasteiger partial charge in [0.1, 0.15) is 6.04 Å². The lowest BCUT2D eigenvalue weighted by atomic mass is 9.79. The number of aliphatic hydroxyl groups is 1. The van der Waals surface area contributed by atoms with Crippen molar-refractivity contribution in [2.24, 2.45) is 11.8 Å². The van der Waals surface area contributed by atoms with Gasteiger partial charge < -0.3 is 34.6 Å². The molecule has 0 saturated carbocycles. The van der Waals surface area contributed by atoms with Gasteiger partial charge in [0, 0.05) is 35.6 Å². The average Bonchev–Trinajstić information content (AvgIpc) is 3.40. The molecule has 178 valence electrons. The first kappa shape index (κ1) is 23.5. The summed E-state index contributed by atoms with van der Waals surface area (Å²) in [4.78, 5) is 41.3. The SMILES string of the molecule is CC(O)C1C(=O)N2C(C(=O)[O-])=C(SC3CNC(C(=O)N4CCC([N+](C)(C)C)C4)C3)C(C)[C@H]12. The van der Waals surface area contributed by atoms with Crippen molar-refractivity contribution in [3.63, 3.8) is 0 Å². The molecule has 3 fully saturated rings. The second-order valence-corrected chi connectivity index (χ2v) is 11.9. The molecule has 4 heterocycles. The van der Waals surface area contributed by atoms with Crippen LogP contribution in [0.3, 0.4) is 0 Å². The zero-order valence-electron chi connectivity index (χ0n) is 19.4. The van der Waals surface area contributed by atoms with Crippen LogP contribution in [0.5, 0.6) is 0 Å². The Morgan fingerprint density at radius 3 is 2.56 bits per heavy atom.